The van der Waals surface area contributed by atoms with Gasteiger partial charge in [-0.1, -0.05) is 127 Å². The maximum Gasteiger partial charge on any atom is 0.162 e. The summed E-state index contributed by atoms with van der Waals surface area (Å²) in [5, 5.41) is 4.63. The number of hydrogen-bond donors (Lipinski definition) is 0. The Labute approximate surface area is 289 Å². The lowest BCUT2D eigenvalue weighted by molar-refractivity contribution is 1.11. The number of hydrogen-bond acceptors (Lipinski definition) is 2. The predicted octanol–water partition coefficient (Wildman–Crippen LogP) is 11.7. The van der Waals surface area contributed by atoms with Crippen molar-refractivity contribution in [3.05, 3.63) is 182 Å². The molecule has 0 unspecified atom stereocenters. The molecular weight excluding hydrogens is 609 g/mol. The Hall–Kier alpha value is -6.78. The van der Waals surface area contributed by atoms with Gasteiger partial charge in [0.1, 0.15) is 5.65 Å². The lowest BCUT2D eigenvalue weighted by atomic mass is 9.99. The second kappa shape index (κ2) is 11.4. The Kier molecular flexibility index (Phi) is 6.46. The first-order valence-corrected chi connectivity index (χ1v) is 16.9. The van der Waals surface area contributed by atoms with Crippen molar-refractivity contribution in [3.8, 4) is 45.1 Å². The number of rotatable bonds is 5. The topological polar surface area (TPSA) is 35.6 Å². The fraction of sp³-hybridized carbons (Fsp3) is 0. The number of para-hydroxylation sites is 3. The van der Waals surface area contributed by atoms with Crippen LogP contribution in [0.2, 0.25) is 0 Å². The van der Waals surface area contributed by atoms with Gasteiger partial charge in [-0.25, -0.2) is 9.97 Å². The first-order valence-electron chi connectivity index (χ1n) is 16.9. The summed E-state index contributed by atoms with van der Waals surface area (Å²) in [5.74, 6) is 0.706. The van der Waals surface area contributed by atoms with Gasteiger partial charge >= 0.3 is 0 Å². The van der Waals surface area contributed by atoms with Crippen LogP contribution in [0, 0.1) is 0 Å². The molecule has 0 atom stereocenters. The minimum Gasteiger partial charge on any atom is -0.309 e. The Morgan fingerprint density at radius 1 is 0.340 bits per heavy atom. The Morgan fingerprint density at radius 3 is 1.50 bits per heavy atom. The zero-order valence-corrected chi connectivity index (χ0v) is 27.1. The Balaban J connectivity index is 1.26. The molecule has 0 aliphatic carbocycles. The average Bonchev–Trinajstić information content (AvgIpc) is 3.71. The molecule has 0 spiro atoms. The lowest BCUT2D eigenvalue weighted by Crippen LogP contribution is -1.99. The second-order valence-electron chi connectivity index (χ2n) is 12.6. The van der Waals surface area contributed by atoms with Crippen LogP contribution in [0.3, 0.4) is 0 Å². The molecule has 234 valence electrons. The number of aromatic nitrogens is 4. The van der Waals surface area contributed by atoms with E-state index in [-0.39, 0.29) is 0 Å². The molecule has 0 aliphatic rings. The molecule has 0 aliphatic heterocycles. The molecule has 0 saturated carbocycles. The van der Waals surface area contributed by atoms with E-state index in [1.165, 1.54) is 27.4 Å². The minimum absolute atomic E-state index is 0.706. The van der Waals surface area contributed by atoms with Gasteiger partial charge in [-0.05, 0) is 65.7 Å². The molecule has 3 heterocycles. The Morgan fingerprint density at radius 2 is 0.840 bits per heavy atom. The summed E-state index contributed by atoms with van der Waals surface area (Å²) in [6.07, 6.45) is 0. The van der Waals surface area contributed by atoms with Gasteiger partial charge < -0.3 is 4.57 Å². The first kappa shape index (κ1) is 28.3. The quantitative estimate of drug-likeness (QED) is 0.188. The van der Waals surface area contributed by atoms with E-state index in [2.05, 4.69) is 173 Å². The molecule has 0 N–H and O–H groups in total. The van der Waals surface area contributed by atoms with Gasteiger partial charge in [-0.2, -0.15) is 0 Å². The fourth-order valence-corrected chi connectivity index (χ4v) is 7.45. The molecule has 0 radical (unpaired) electrons. The van der Waals surface area contributed by atoms with E-state index in [9.17, 15) is 0 Å². The molecule has 3 aromatic heterocycles. The monoisotopic (exact) mass is 638 g/mol. The van der Waals surface area contributed by atoms with Crippen LogP contribution >= 0.6 is 0 Å². The van der Waals surface area contributed by atoms with Crippen molar-refractivity contribution < 1.29 is 0 Å². The van der Waals surface area contributed by atoms with E-state index in [0.29, 0.717) is 5.82 Å². The summed E-state index contributed by atoms with van der Waals surface area (Å²) in [6.45, 7) is 0. The van der Waals surface area contributed by atoms with Crippen LogP contribution in [-0.2, 0) is 0 Å². The zero-order valence-electron chi connectivity index (χ0n) is 27.1. The van der Waals surface area contributed by atoms with Crippen molar-refractivity contribution in [3.63, 3.8) is 0 Å². The van der Waals surface area contributed by atoms with E-state index >= 15 is 0 Å². The summed E-state index contributed by atoms with van der Waals surface area (Å²) in [5.41, 5.74) is 11.9. The molecule has 10 rings (SSSR count). The average molecular weight is 639 g/mol. The third-order valence-corrected chi connectivity index (χ3v) is 9.72. The third kappa shape index (κ3) is 4.46. The fourth-order valence-electron chi connectivity index (χ4n) is 7.45. The summed E-state index contributed by atoms with van der Waals surface area (Å²) >= 11 is 0. The van der Waals surface area contributed by atoms with E-state index in [0.717, 1.165) is 55.7 Å². The summed E-state index contributed by atoms with van der Waals surface area (Å²) in [4.78, 5) is 10.6. The number of benzene rings is 7. The van der Waals surface area contributed by atoms with Crippen molar-refractivity contribution in [1.82, 2.24) is 19.1 Å². The first-order chi connectivity index (χ1) is 24.8. The van der Waals surface area contributed by atoms with Crippen LogP contribution in [0.15, 0.2) is 182 Å². The van der Waals surface area contributed by atoms with Gasteiger partial charge in [0.25, 0.3) is 0 Å². The largest absolute Gasteiger partial charge is 0.309 e. The smallest absolute Gasteiger partial charge is 0.162 e. The van der Waals surface area contributed by atoms with Crippen molar-refractivity contribution in [2.24, 2.45) is 0 Å². The van der Waals surface area contributed by atoms with E-state index in [1.54, 1.807) is 0 Å². The molecule has 4 nitrogen and oxygen atoms in total. The number of fused-ring (bicyclic) bond motifs is 6. The Bertz CT molecular complexity index is 2840. The summed E-state index contributed by atoms with van der Waals surface area (Å²) in [6, 6.07) is 64.2. The normalized spacial score (nSPS) is 11.6. The predicted molar refractivity (Wildman–Crippen MR) is 207 cm³/mol. The van der Waals surface area contributed by atoms with Crippen LogP contribution in [-0.4, -0.2) is 19.1 Å². The van der Waals surface area contributed by atoms with E-state index in [1.807, 2.05) is 18.2 Å². The van der Waals surface area contributed by atoms with Crippen LogP contribution < -0.4 is 0 Å². The van der Waals surface area contributed by atoms with Crippen molar-refractivity contribution >= 4 is 43.7 Å². The van der Waals surface area contributed by atoms with Gasteiger partial charge in [0.15, 0.2) is 5.82 Å². The van der Waals surface area contributed by atoms with Crippen molar-refractivity contribution in [2.45, 2.75) is 0 Å². The standard InChI is InChI=1S/C46H30N4/c1-5-15-31(16-6-1)44-43-39-30-34(33-25-27-41-38(29-33)37-23-13-14-24-40(37)49(41)35-19-9-3-10-20-35)26-28-42(39)50(36-21-11-4-12-22-36)46(43)48-45(47-44)32-17-7-2-8-18-32/h1-30H. The highest BCUT2D eigenvalue weighted by molar-refractivity contribution is 6.15. The second-order valence-corrected chi connectivity index (χ2v) is 12.6. The molecule has 0 saturated heterocycles. The van der Waals surface area contributed by atoms with Crippen LogP contribution in [0.5, 0.6) is 0 Å². The van der Waals surface area contributed by atoms with Gasteiger partial charge in [0.2, 0.25) is 0 Å². The summed E-state index contributed by atoms with van der Waals surface area (Å²) < 4.78 is 4.64. The molecule has 4 heteroatoms. The third-order valence-electron chi connectivity index (χ3n) is 9.72. The van der Waals surface area contributed by atoms with Gasteiger partial charge in [0.05, 0.1) is 27.6 Å². The molecule has 0 bridgehead atoms. The highest BCUT2D eigenvalue weighted by atomic mass is 15.1. The molecular formula is C46H30N4. The molecule has 0 fully saturated rings. The molecule has 10 aromatic rings. The number of nitrogens with zero attached hydrogens (tertiary/aromatic N) is 4. The van der Waals surface area contributed by atoms with Gasteiger partial charge in [0, 0.05) is 38.7 Å². The zero-order chi connectivity index (χ0) is 33.0. The van der Waals surface area contributed by atoms with Crippen LogP contribution in [0.1, 0.15) is 0 Å². The van der Waals surface area contributed by atoms with E-state index in [4.69, 9.17) is 9.97 Å². The van der Waals surface area contributed by atoms with Crippen molar-refractivity contribution in [1.29, 1.82) is 0 Å². The molecule has 7 aromatic carbocycles. The molecule has 0 amide bonds. The minimum atomic E-state index is 0.706. The van der Waals surface area contributed by atoms with Crippen molar-refractivity contribution in [2.75, 3.05) is 0 Å². The summed E-state index contributed by atoms with van der Waals surface area (Å²) in [7, 11) is 0. The SMILES string of the molecule is c1ccc(-c2nc(-c3ccccc3)c3c4cc(-c5ccc6c(c5)c5ccccc5n6-c5ccccc5)ccc4n(-c4ccccc4)c3n2)cc1. The maximum atomic E-state index is 5.30. The highest BCUT2D eigenvalue weighted by Crippen LogP contribution is 2.41. The van der Waals surface area contributed by atoms with Gasteiger partial charge in [-0.15, -0.1) is 0 Å². The lowest BCUT2D eigenvalue weighted by Gasteiger charge is -2.10. The van der Waals surface area contributed by atoms with Crippen LogP contribution in [0.4, 0.5) is 0 Å². The highest BCUT2D eigenvalue weighted by Gasteiger charge is 2.22. The van der Waals surface area contributed by atoms with Crippen LogP contribution in [0.25, 0.3) is 88.9 Å². The van der Waals surface area contributed by atoms with E-state index < -0.39 is 0 Å². The molecule has 50 heavy (non-hydrogen) atoms. The maximum absolute atomic E-state index is 5.30. The van der Waals surface area contributed by atoms with Gasteiger partial charge in [-0.3, -0.25) is 4.57 Å².